The Balaban J connectivity index is 2.01. The van der Waals surface area contributed by atoms with Crippen LogP contribution in [0.4, 0.5) is 0 Å². The summed E-state index contributed by atoms with van der Waals surface area (Å²) in [5.41, 5.74) is 0.183. The first-order valence-corrected chi connectivity index (χ1v) is 6.38. The van der Waals surface area contributed by atoms with E-state index in [1.165, 1.54) is 14.2 Å². The van der Waals surface area contributed by atoms with Gasteiger partial charge in [0.25, 0.3) is 0 Å². The zero-order valence-electron chi connectivity index (χ0n) is 10.9. The van der Waals surface area contributed by atoms with E-state index >= 15 is 0 Å². The molecule has 4 heteroatoms. The maximum atomic E-state index is 12.0. The number of hydrogen-bond acceptors (Lipinski definition) is 4. The van der Waals surface area contributed by atoms with Crippen LogP contribution in [0.3, 0.4) is 0 Å². The summed E-state index contributed by atoms with van der Waals surface area (Å²) in [4.78, 5) is 24.0. The number of fused-ring (bicyclic) bond motifs is 1. The maximum Gasteiger partial charge on any atom is 0.310 e. The van der Waals surface area contributed by atoms with Gasteiger partial charge in [0.1, 0.15) is 0 Å². The molecule has 18 heavy (non-hydrogen) atoms. The van der Waals surface area contributed by atoms with Gasteiger partial charge in [-0.15, -0.1) is 0 Å². The Kier molecular flexibility index (Phi) is 2.34. The Morgan fingerprint density at radius 3 is 2.33 bits per heavy atom. The van der Waals surface area contributed by atoms with Crippen LogP contribution in [0.1, 0.15) is 13.3 Å². The zero-order valence-corrected chi connectivity index (χ0v) is 10.9. The van der Waals surface area contributed by atoms with Gasteiger partial charge in [0, 0.05) is 0 Å². The van der Waals surface area contributed by atoms with Crippen molar-refractivity contribution >= 4 is 11.9 Å². The molecule has 0 heterocycles. The first-order valence-electron chi connectivity index (χ1n) is 6.38. The highest BCUT2D eigenvalue weighted by molar-refractivity contribution is 5.84. The molecule has 4 aliphatic rings. The summed E-state index contributed by atoms with van der Waals surface area (Å²) >= 11 is 0. The lowest BCUT2D eigenvalue weighted by Gasteiger charge is -2.45. The lowest BCUT2D eigenvalue weighted by atomic mass is 9.58. The predicted molar refractivity (Wildman–Crippen MR) is 63.3 cm³/mol. The molecule has 0 aromatic carbocycles. The predicted octanol–water partition coefficient (Wildman–Crippen LogP) is 1.41. The largest absolute Gasteiger partial charge is 0.469 e. The Morgan fingerprint density at radius 1 is 1.11 bits per heavy atom. The van der Waals surface area contributed by atoms with Gasteiger partial charge < -0.3 is 9.47 Å². The molecule has 0 aromatic rings. The van der Waals surface area contributed by atoms with Crippen molar-refractivity contribution in [3.05, 3.63) is 12.2 Å². The normalized spacial score (nSPS) is 47.4. The molecule has 0 N–H and O–H groups in total. The van der Waals surface area contributed by atoms with Gasteiger partial charge in [-0.2, -0.15) is 0 Å². The number of methoxy groups -OCH3 is 2. The smallest absolute Gasteiger partial charge is 0.310 e. The van der Waals surface area contributed by atoms with Crippen molar-refractivity contribution in [3.8, 4) is 0 Å². The first-order chi connectivity index (χ1) is 8.54. The van der Waals surface area contributed by atoms with Crippen LogP contribution in [0, 0.1) is 35.0 Å². The highest BCUT2D eigenvalue weighted by atomic mass is 16.5. The Bertz CT molecular complexity index is 441. The van der Waals surface area contributed by atoms with Crippen LogP contribution in [-0.4, -0.2) is 26.2 Å². The highest BCUT2D eigenvalue weighted by Gasteiger charge is 2.70. The molecule has 0 radical (unpaired) electrons. The third-order valence-corrected chi connectivity index (χ3v) is 5.25. The maximum absolute atomic E-state index is 12.0. The van der Waals surface area contributed by atoms with E-state index in [9.17, 15) is 9.59 Å². The van der Waals surface area contributed by atoms with Crippen LogP contribution in [-0.2, 0) is 19.1 Å². The Morgan fingerprint density at radius 2 is 1.72 bits per heavy atom. The third-order valence-electron chi connectivity index (χ3n) is 5.25. The fourth-order valence-corrected chi connectivity index (χ4v) is 4.21. The van der Waals surface area contributed by atoms with Gasteiger partial charge in [-0.25, -0.2) is 0 Å². The number of ether oxygens (including phenoxy) is 2. The minimum Gasteiger partial charge on any atom is -0.469 e. The quantitative estimate of drug-likeness (QED) is 0.549. The van der Waals surface area contributed by atoms with Crippen LogP contribution in [0.2, 0.25) is 0 Å². The SMILES string of the molecule is COC(=O)[C@@H]1[C@H]2C=C[C@@H]([C@@H]1C(=O)OC)[C@]1(C)C[C@H]21. The van der Waals surface area contributed by atoms with Gasteiger partial charge >= 0.3 is 11.9 Å². The zero-order chi connectivity index (χ0) is 13.1. The molecule has 4 aliphatic carbocycles. The van der Waals surface area contributed by atoms with E-state index in [0.717, 1.165) is 6.42 Å². The van der Waals surface area contributed by atoms with Gasteiger partial charge in [-0.3, -0.25) is 9.59 Å². The summed E-state index contributed by atoms with van der Waals surface area (Å²) in [5, 5.41) is 0. The minimum atomic E-state index is -0.374. The van der Waals surface area contributed by atoms with Gasteiger partial charge in [-0.1, -0.05) is 19.1 Å². The summed E-state index contributed by atoms with van der Waals surface area (Å²) in [6.45, 7) is 2.21. The minimum absolute atomic E-state index is 0.115. The number of carbonyl (C=O) groups excluding carboxylic acids is 2. The number of hydrogen-bond donors (Lipinski definition) is 0. The molecule has 6 atom stereocenters. The first kappa shape index (κ1) is 11.8. The van der Waals surface area contributed by atoms with Crippen LogP contribution in [0.5, 0.6) is 0 Å². The van der Waals surface area contributed by atoms with E-state index in [-0.39, 0.29) is 41.0 Å². The third kappa shape index (κ3) is 1.26. The topological polar surface area (TPSA) is 52.6 Å². The van der Waals surface area contributed by atoms with E-state index in [1.807, 2.05) is 0 Å². The van der Waals surface area contributed by atoms with Crippen molar-refractivity contribution in [3.63, 3.8) is 0 Å². The molecular formula is C14H18O4. The Labute approximate surface area is 106 Å². The van der Waals surface area contributed by atoms with Crippen molar-refractivity contribution in [2.24, 2.45) is 35.0 Å². The molecule has 4 rings (SSSR count). The molecule has 4 nitrogen and oxygen atoms in total. The van der Waals surface area contributed by atoms with Gasteiger partial charge in [0.15, 0.2) is 0 Å². The van der Waals surface area contributed by atoms with Crippen molar-refractivity contribution < 1.29 is 19.1 Å². The van der Waals surface area contributed by atoms with Crippen molar-refractivity contribution in [2.45, 2.75) is 13.3 Å². The average Bonchev–Trinajstić information content (AvgIpc) is 3.11. The molecular weight excluding hydrogens is 232 g/mol. The lowest BCUT2D eigenvalue weighted by molar-refractivity contribution is -0.166. The number of rotatable bonds is 2. The molecule has 0 spiro atoms. The van der Waals surface area contributed by atoms with E-state index in [2.05, 4.69) is 19.1 Å². The average molecular weight is 250 g/mol. The summed E-state index contributed by atoms with van der Waals surface area (Å²) in [7, 11) is 2.77. The Hall–Kier alpha value is -1.32. The second kappa shape index (κ2) is 3.59. The van der Waals surface area contributed by atoms with Crippen molar-refractivity contribution in [2.75, 3.05) is 14.2 Å². The second-order valence-electron chi connectivity index (χ2n) is 5.90. The molecule has 0 aliphatic heterocycles. The second-order valence-corrected chi connectivity index (χ2v) is 5.90. The molecule has 2 fully saturated rings. The summed E-state index contributed by atoms with van der Waals surface area (Å²) in [6, 6.07) is 0. The van der Waals surface area contributed by atoms with E-state index < -0.39 is 0 Å². The van der Waals surface area contributed by atoms with Gasteiger partial charge in [-0.05, 0) is 29.6 Å². The van der Waals surface area contributed by atoms with E-state index in [4.69, 9.17) is 9.47 Å². The van der Waals surface area contributed by atoms with Crippen LogP contribution >= 0.6 is 0 Å². The molecule has 98 valence electrons. The number of esters is 2. The number of carbonyl (C=O) groups is 2. The fourth-order valence-electron chi connectivity index (χ4n) is 4.21. The molecule has 2 saturated carbocycles. The van der Waals surface area contributed by atoms with Gasteiger partial charge in [0.05, 0.1) is 26.1 Å². The number of allylic oxidation sites excluding steroid dienone is 2. The highest BCUT2D eigenvalue weighted by Crippen LogP contribution is 2.71. The van der Waals surface area contributed by atoms with Crippen molar-refractivity contribution in [1.29, 1.82) is 0 Å². The molecule has 0 amide bonds. The fraction of sp³-hybridized carbons (Fsp3) is 0.714. The van der Waals surface area contributed by atoms with Crippen molar-refractivity contribution in [1.82, 2.24) is 0 Å². The lowest BCUT2D eigenvalue weighted by Crippen LogP contribution is -2.49. The molecule has 0 saturated heterocycles. The summed E-state index contributed by atoms with van der Waals surface area (Å²) < 4.78 is 9.78. The van der Waals surface area contributed by atoms with Gasteiger partial charge in [0.2, 0.25) is 0 Å². The van der Waals surface area contributed by atoms with Crippen LogP contribution < -0.4 is 0 Å². The molecule has 2 bridgehead atoms. The van der Waals surface area contributed by atoms with E-state index in [1.54, 1.807) is 0 Å². The molecule has 0 unspecified atom stereocenters. The summed E-state index contributed by atoms with van der Waals surface area (Å²) in [6.07, 6.45) is 5.30. The van der Waals surface area contributed by atoms with Crippen LogP contribution in [0.15, 0.2) is 12.2 Å². The monoisotopic (exact) mass is 250 g/mol. The van der Waals surface area contributed by atoms with Crippen LogP contribution in [0.25, 0.3) is 0 Å². The summed E-state index contributed by atoms with van der Waals surface area (Å²) in [5.74, 6) is -0.521. The molecule has 0 aromatic heterocycles. The van der Waals surface area contributed by atoms with E-state index in [0.29, 0.717) is 5.92 Å². The standard InChI is InChI=1S/C14H18O4/c1-14-6-9(14)7-4-5-8(14)11(13(16)18-3)10(7)12(15)17-2/h4-5,7-11H,6H2,1-3H3/t7-,8-,9+,10+,11-,14-/m0/s1.